The lowest BCUT2D eigenvalue weighted by Crippen LogP contribution is -2.24. The smallest absolute Gasteiger partial charge is 0.223 e. The van der Waals surface area contributed by atoms with E-state index in [9.17, 15) is 4.79 Å². The van der Waals surface area contributed by atoms with Crippen molar-refractivity contribution in [2.75, 3.05) is 6.61 Å². The van der Waals surface area contributed by atoms with E-state index in [4.69, 9.17) is 4.74 Å². The molecule has 0 bridgehead atoms. The van der Waals surface area contributed by atoms with Crippen LogP contribution in [0, 0.1) is 6.92 Å². The molecule has 1 aromatic carbocycles. The van der Waals surface area contributed by atoms with E-state index in [1.807, 2.05) is 37.3 Å². The first kappa shape index (κ1) is 13.1. The van der Waals surface area contributed by atoms with Crippen LogP contribution in [0.5, 0.6) is 5.75 Å². The first-order valence-corrected chi connectivity index (χ1v) is 6.19. The summed E-state index contributed by atoms with van der Waals surface area (Å²) in [5, 5.41) is 9.39. The van der Waals surface area contributed by atoms with Gasteiger partial charge in [0.15, 0.2) is 0 Å². The maximum atomic E-state index is 11.6. The number of hydrogen-bond donors (Lipinski definition) is 2. The zero-order valence-electron chi connectivity index (χ0n) is 10.8. The largest absolute Gasteiger partial charge is 0.493 e. The Kier molecular flexibility index (Phi) is 4.55. The number of carbonyl (C=O) groups excluding carboxylic acids is 1. The number of hydrogen-bond acceptors (Lipinski definition) is 3. The summed E-state index contributed by atoms with van der Waals surface area (Å²) in [6.45, 7) is 2.82. The second-order valence-electron chi connectivity index (χ2n) is 4.22. The summed E-state index contributed by atoms with van der Waals surface area (Å²) >= 11 is 0. The molecule has 0 fully saturated rings. The average Bonchev–Trinajstić information content (AvgIpc) is 2.92. The van der Waals surface area contributed by atoms with Gasteiger partial charge in [0.1, 0.15) is 5.75 Å². The van der Waals surface area contributed by atoms with Crippen molar-refractivity contribution in [3.05, 3.63) is 47.8 Å². The first-order valence-electron chi connectivity index (χ1n) is 6.19. The van der Waals surface area contributed by atoms with E-state index >= 15 is 0 Å². The highest BCUT2D eigenvalue weighted by atomic mass is 16.5. The van der Waals surface area contributed by atoms with Gasteiger partial charge in [0.25, 0.3) is 0 Å². The third-order valence-electron chi connectivity index (χ3n) is 2.71. The summed E-state index contributed by atoms with van der Waals surface area (Å²) in [4.78, 5) is 11.6. The minimum absolute atomic E-state index is 0.0387. The van der Waals surface area contributed by atoms with Crippen LogP contribution in [-0.2, 0) is 11.3 Å². The Morgan fingerprint density at radius 3 is 2.95 bits per heavy atom. The molecule has 0 saturated heterocycles. The van der Waals surface area contributed by atoms with Crippen LogP contribution in [0.25, 0.3) is 0 Å². The zero-order chi connectivity index (χ0) is 13.5. The molecule has 0 radical (unpaired) electrons. The molecule has 5 nitrogen and oxygen atoms in total. The predicted molar refractivity (Wildman–Crippen MR) is 71.7 cm³/mol. The molecule has 5 heteroatoms. The van der Waals surface area contributed by atoms with Crippen LogP contribution in [0.3, 0.4) is 0 Å². The summed E-state index contributed by atoms with van der Waals surface area (Å²) in [6.07, 6.45) is 1.99. The summed E-state index contributed by atoms with van der Waals surface area (Å²) in [6, 6.07) is 9.58. The molecule has 19 heavy (non-hydrogen) atoms. The third-order valence-corrected chi connectivity index (χ3v) is 2.71. The molecule has 0 spiro atoms. The van der Waals surface area contributed by atoms with Gasteiger partial charge in [-0.15, -0.1) is 0 Å². The minimum atomic E-state index is -0.0387. The highest BCUT2D eigenvalue weighted by Crippen LogP contribution is 2.16. The van der Waals surface area contributed by atoms with Crippen molar-refractivity contribution in [2.45, 2.75) is 19.9 Å². The Hall–Kier alpha value is -2.30. The number of carbonyl (C=O) groups is 1. The lowest BCUT2D eigenvalue weighted by molar-refractivity contribution is -0.121. The zero-order valence-corrected chi connectivity index (χ0v) is 10.8. The van der Waals surface area contributed by atoms with Gasteiger partial charge in [-0.2, -0.15) is 5.10 Å². The van der Waals surface area contributed by atoms with E-state index in [1.165, 1.54) is 0 Å². The molecular weight excluding hydrogens is 242 g/mol. The Bertz CT molecular complexity index is 523. The van der Waals surface area contributed by atoms with Crippen molar-refractivity contribution >= 4 is 5.91 Å². The normalized spacial score (nSPS) is 10.2. The van der Waals surface area contributed by atoms with E-state index in [1.54, 1.807) is 6.20 Å². The topological polar surface area (TPSA) is 67.0 Å². The molecule has 0 saturated carbocycles. The summed E-state index contributed by atoms with van der Waals surface area (Å²) in [7, 11) is 0. The fourth-order valence-corrected chi connectivity index (χ4v) is 1.64. The number of nitrogens with one attached hydrogen (secondary N) is 2. The molecule has 2 N–H and O–H groups in total. The van der Waals surface area contributed by atoms with E-state index in [0.717, 1.165) is 17.0 Å². The van der Waals surface area contributed by atoms with Crippen molar-refractivity contribution in [1.82, 2.24) is 15.5 Å². The van der Waals surface area contributed by atoms with Crippen molar-refractivity contribution < 1.29 is 9.53 Å². The van der Waals surface area contributed by atoms with Crippen LogP contribution < -0.4 is 10.1 Å². The van der Waals surface area contributed by atoms with Crippen molar-refractivity contribution in [3.63, 3.8) is 0 Å². The molecule has 0 aliphatic rings. The van der Waals surface area contributed by atoms with Gasteiger partial charge in [-0.05, 0) is 24.6 Å². The van der Waals surface area contributed by atoms with Gasteiger partial charge >= 0.3 is 0 Å². The number of H-pyrrole nitrogens is 1. The van der Waals surface area contributed by atoms with Crippen LogP contribution in [-0.4, -0.2) is 22.7 Å². The Morgan fingerprint density at radius 2 is 2.21 bits per heavy atom. The molecule has 0 aliphatic carbocycles. The Labute approximate surface area is 112 Å². The van der Waals surface area contributed by atoms with Gasteiger partial charge in [-0.1, -0.05) is 18.2 Å². The molecule has 0 unspecified atom stereocenters. The van der Waals surface area contributed by atoms with Crippen molar-refractivity contribution in [3.8, 4) is 5.75 Å². The maximum Gasteiger partial charge on any atom is 0.223 e. The van der Waals surface area contributed by atoms with E-state index in [-0.39, 0.29) is 5.91 Å². The lowest BCUT2D eigenvalue weighted by Gasteiger charge is -2.08. The number of benzene rings is 1. The molecule has 2 aromatic rings. The maximum absolute atomic E-state index is 11.6. The number of nitrogens with zero attached hydrogens (tertiary/aromatic N) is 1. The van der Waals surface area contributed by atoms with Crippen LogP contribution in [0.15, 0.2) is 36.5 Å². The quantitative estimate of drug-likeness (QED) is 0.831. The third kappa shape index (κ3) is 4.13. The van der Waals surface area contributed by atoms with Crippen molar-refractivity contribution in [2.24, 2.45) is 0 Å². The number of aryl methyl sites for hydroxylation is 1. The number of rotatable bonds is 6. The second kappa shape index (κ2) is 6.58. The molecule has 2 rings (SSSR count). The number of amides is 1. The van der Waals surface area contributed by atoms with Gasteiger partial charge < -0.3 is 10.1 Å². The van der Waals surface area contributed by atoms with Gasteiger partial charge in [0.05, 0.1) is 25.3 Å². The molecule has 100 valence electrons. The lowest BCUT2D eigenvalue weighted by atomic mass is 10.2. The average molecular weight is 259 g/mol. The monoisotopic (exact) mass is 259 g/mol. The first-order chi connectivity index (χ1) is 9.25. The fourth-order valence-electron chi connectivity index (χ4n) is 1.64. The number of aromatic amines is 1. The number of ether oxygens (including phenoxy) is 1. The number of aromatic nitrogens is 2. The molecule has 1 amide bonds. The van der Waals surface area contributed by atoms with Crippen LogP contribution in [0.1, 0.15) is 17.7 Å². The van der Waals surface area contributed by atoms with Crippen LogP contribution in [0.4, 0.5) is 0 Å². The van der Waals surface area contributed by atoms with Gasteiger partial charge in [0, 0.05) is 6.20 Å². The molecule has 1 aromatic heterocycles. The summed E-state index contributed by atoms with van der Waals surface area (Å²) in [5.74, 6) is 0.784. The Balaban J connectivity index is 1.68. The summed E-state index contributed by atoms with van der Waals surface area (Å²) < 4.78 is 5.56. The summed E-state index contributed by atoms with van der Waals surface area (Å²) in [5.41, 5.74) is 1.95. The predicted octanol–water partition coefficient (Wildman–Crippen LogP) is 1.80. The highest BCUT2D eigenvalue weighted by molar-refractivity contribution is 5.75. The molecule has 1 heterocycles. The SMILES string of the molecule is Cc1ccccc1OCCC(=O)NCc1ccn[nH]1. The van der Waals surface area contributed by atoms with Gasteiger partial charge in [-0.25, -0.2) is 0 Å². The molecule has 0 atom stereocenters. The number of para-hydroxylation sites is 1. The molecular formula is C14H17N3O2. The van der Waals surface area contributed by atoms with E-state index < -0.39 is 0 Å². The molecule has 0 aliphatic heterocycles. The Morgan fingerprint density at radius 1 is 1.37 bits per heavy atom. The minimum Gasteiger partial charge on any atom is -0.493 e. The van der Waals surface area contributed by atoms with Gasteiger partial charge in [0.2, 0.25) is 5.91 Å². The second-order valence-corrected chi connectivity index (χ2v) is 4.22. The van der Waals surface area contributed by atoms with E-state index in [2.05, 4.69) is 15.5 Å². The van der Waals surface area contributed by atoms with Crippen LogP contribution >= 0.6 is 0 Å². The van der Waals surface area contributed by atoms with Crippen LogP contribution in [0.2, 0.25) is 0 Å². The van der Waals surface area contributed by atoms with E-state index in [0.29, 0.717) is 19.6 Å². The highest BCUT2D eigenvalue weighted by Gasteiger charge is 2.03. The van der Waals surface area contributed by atoms with Crippen molar-refractivity contribution in [1.29, 1.82) is 0 Å². The van der Waals surface area contributed by atoms with Gasteiger partial charge in [-0.3, -0.25) is 9.89 Å². The fraction of sp³-hybridized carbons (Fsp3) is 0.286. The standard InChI is InChI=1S/C14H17N3O2/c1-11-4-2-3-5-13(11)19-9-7-14(18)15-10-12-6-8-16-17-12/h2-6,8H,7,9-10H2,1H3,(H,15,18)(H,16,17).